The van der Waals surface area contributed by atoms with Crippen LogP contribution in [0.2, 0.25) is 0 Å². The summed E-state index contributed by atoms with van der Waals surface area (Å²) >= 11 is 0. The first kappa shape index (κ1) is 9.92. The smallest absolute Gasteiger partial charge is 0.248 e. The van der Waals surface area contributed by atoms with Crippen LogP contribution in [-0.4, -0.2) is 17.4 Å². The van der Waals surface area contributed by atoms with Crippen molar-refractivity contribution < 1.29 is 0 Å². The zero-order chi connectivity index (χ0) is 11.0. The average Bonchev–Trinajstić information content (AvgIpc) is 2.23. The van der Waals surface area contributed by atoms with E-state index >= 15 is 0 Å². The van der Waals surface area contributed by atoms with Crippen LogP contribution >= 0.6 is 0 Å². The van der Waals surface area contributed by atoms with Crippen molar-refractivity contribution in [3.8, 4) is 0 Å². The molecule has 1 heterocycles. The number of nitrogens with two attached hydrogens (primary N) is 1. The van der Waals surface area contributed by atoms with E-state index in [0.29, 0.717) is 16.7 Å². The Morgan fingerprint density at radius 1 is 1.47 bits per heavy atom. The minimum Gasteiger partial charge on any atom is -0.352 e. The summed E-state index contributed by atoms with van der Waals surface area (Å²) in [5.41, 5.74) is 6.02. The van der Waals surface area contributed by atoms with Crippen LogP contribution < -0.4 is 11.3 Å². The van der Waals surface area contributed by atoms with Crippen molar-refractivity contribution in [3.05, 3.63) is 40.4 Å². The Morgan fingerprint density at radius 2 is 2.13 bits per heavy atom. The van der Waals surface area contributed by atoms with Crippen molar-refractivity contribution >= 4 is 18.9 Å². The molecule has 0 aliphatic rings. The monoisotopic (exact) mass is 199 g/mol. The highest BCUT2D eigenvalue weighted by molar-refractivity contribution is 6.07. The molecule has 2 N–H and O–H groups in total. The molecule has 0 unspecified atom stereocenters. The van der Waals surface area contributed by atoms with Gasteiger partial charge in [0.2, 0.25) is 13.5 Å². The van der Waals surface area contributed by atoms with Gasteiger partial charge < -0.3 is 10.2 Å². The van der Waals surface area contributed by atoms with E-state index in [0.717, 1.165) is 4.48 Å². The van der Waals surface area contributed by atoms with Crippen molar-refractivity contribution in [3.63, 3.8) is 0 Å². The Hall–Kier alpha value is -1.62. The lowest BCUT2D eigenvalue weighted by molar-refractivity contribution is 0.722. The lowest BCUT2D eigenvalue weighted by atomic mass is 10.2. The van der Waals surface area contributed by atoms with E-state index in [1.807, 2.05) is 6.07 Å². The molecule has 0 saturated carbocycles. The largest absolute Gasteiger partial charge is 0.352 e. The predicted octanol–water partition coefficient (Wildman–Crippen LogP) is 0.348. The van der Waals surface area contributed by atoms with Crippen LogP contribution in [0.1, 0.15) is 18.8 Å². The van der Waals surface area contributed by atoms with Gasteiger partial charge in [-0.3, -0.25) is 4.79 Å². The molecule has 1 atom stereocenters. The summed E-state index contributed by atoms with van der Waals surface area (Å²) in [6, 6.07) is 6.69. The van der Waals surface area contributed by atoms with Gasteiger partial charge in [-0.05, 0) is 19.1 Å². The zero-order valence-electron chi connectivity index (χ0n) is 8.34. The zero-order valence-corrected chi connectivity index (χ0v) is 8.34. The van der Waals surface area contributed by atoms with Crippen molar-refractivity contribution in [2.75, 3.05) is 0 Å². The molecule has 0 spiro atoms. The normalized spacial score (nSPS) is 12.9. The number of nitrogens with zero attached hydrogens (tertiary/aromatic N) is 2. The molecule has 5 heteroatoms. The van der Waals surface area contributed by atoms with Crippen LogP contribution in [-0.2, 0) is 0 Å². The maximum Gasteiger partial charge on any atom is 0.248 e. The molecular formula is C10H10BN3O. The molecule has 1 aromatic carbocycles. The molecule has 0 amide bonds. The second kappa shape index (κ2) is 3.51. The summed E-state index contributed by atoms with van der Waals surface area (Å²) in [5, 5.41) is 0.504. The number of hydrogen-bond acceptors (Lipinski definition) is 3. The van der Waals surface area contributed by atoms with Crippen LogP contribution in [0.3, 0.4) is 0 Å². The number of benzene rings is 1. The molecule has 74 valence electrons. The molecule has 4 nitrogen and oxygen atoms in total. The molecule has 1 aromatic heterocycles. The van der Waals surface area contributed by atoms with Crippen molar-refractivity contribution in [1.82, 2.24) is 9.46 Å². The minimum absolute atomic E-state index is 0.270. The third kappa shape index (κ3) is 1.55. The third-order valence-corrected chi connectivity index (χ3v) is 2.24. The van der Waals surface area contributed by atoms with Crippen LogP contribution in [0.15, 0.2) is 29.1 Å². The van der Waals surface area contributed by atoms with Crippen LogP contribution in [0.25, 0.3) is 10.9 Å². The topological polar surface area (TPSA) is 60.9 Å². The van der Waals surface area contributed by atoms with Gasteiger partial charge in [-0.2, -0.15) is 0 Å². The summed E-state index contributed by atoms with van der Waals surface area (Å²) in [5.74, 6) is 0.388. The minimum atomic E-state index is -0.368. The van der Waals surface area contributed by atoms with E-state index in [2.05, 4.69) is 4.98 Å². The van der Waals surface area contributed by atoms with Gasteiger partial charge in [-0.15, -0.1) is 0 Å². The van der Waals surface area contributed by atoms with Gasteiger partial charge in [0.25, 0.3) is 0 Å². The standard InChI is InChI=1S/C10H10BN3O/c1-6(12)9-13-8-5-3-2-4-7(8)10(15)14(9)11/h2-6H,12H2,1H3/t6-/m0/s1. The maximum absolute atomic E-state index is 11.8. The van der Waals surface area contributed by atoms with Crippen LogP contribution in [0.5, 0.6) is 0 Å². The first-order valence-corrected chi connectivity index (χ1v) is 4.63. The first-order chi connectivity index (χ1) is 7.11. The van der Waals surface area contributed by atoms with Crippen molar-refractivity contribution in [2.45, 2.75) is 13.0 Å². The molecule has 0 bridgehead atoms. The Kier molecular flexibility index (Phi) is 2.32. The molecular weight excluding hydrogens is 189 g/mol. The number of rotatable bonds is 1. The highest BCUT2D eigenvalue weighted by Crippen LogP contribution is 2.10. The van der Waals surface area contributed by atoms with E-state index in [1.54, 1.807) is 25.1 Å². The third-order valence-electron chi connectivity index (χ3n) is 2.24. The molecule has 2 radical (unpaired) electrons. The highest BCUT2D eigenvalue weighted by atomic mass is 16.1. The van der Waals surface area contributed by atoms with Gasteiger partial charge in [-0.1, -0.05) is 12.1 Å². The Balaban J connectivity index is 2.89. The summed E-state index contributed by atoms with van der Waals surface area (Å²) in [6.45, 7) is 1.74. The molecule has 0 aliphatic heterocycles. The second-order valence-corrected chi connectivity index (χ2v) is 3.45. The van der Waals surface area contributed by atoms with Gasteiger partial charge in [0.15, 0.2) is 0 Å². The summed E-state index contributed by atoms with van der Waals surface area (Å²) in [7, 11) is 5.61. The molecule has 0 saturated heterocycles. The highest BCUT2D eigenvalue weighted by Gasteiger charge is 2.09. The predicted molar refractivity (Wildman–Crippen MR) is 59.8 cm³/mol. The number of hydrogen-bond donors (Lipinski definition) is 1. The lowest BCUT2D eigenvalue weighted by Crippen LogP contribution is -2.27. The van der Waals surface area contributed by atoms with E-state index in [1.165, 1.54) is 0 Å². The van der Waals surface area contributed by atoms with Crippen molar-refractivity contribution in [2.24, 2.45) is 5.73 Å². The van der Waals surface area contributed by atoms with Gasteiger partial charge in [-0.25, -0.2) is 4.98 Å². The fraction of sp³-hybridized carbons (Fsp3) is 0.200. The van der Waals surface area contributed by atoms with E-state index in [4.69, 9.17) is 13.7 Å². The molecule has 0 aliphatic carbocycles. The maximum atomic E-state index is 11.8. The fourth-order valence-electron chi connectivity index (χ4n) is 1.48. The summed E-state index contributed by atoms with van der Waals surface area (Å²) in [6.07, 6.45) is 0. The summed E-state index contributed by atoms with van der Waals surface area (Å²) in [4.78, 5) is 16.0. The number of fused-ring (bicyclic) bond motifs is 1. The van der Waals surface area contributed by atoms with Gasteiger partial charge in [0, 0.05) is 0 Å². The molecule has 2 rings (SSSR count). The molecule has 0 fully saturated rings. The Bertz CT molecular complexity index is 562. The average molecular weight is 199 g/mol. The number of aromatic nitrogens is 2. The second-order valence-electron chi connectivity index (χ2n) is 3.45. The summed E-state index contributed by atoms with van der Waals surface area (Å²) < 4.78 is 1.01. The SMILES string of the molecule is [B]n1c([C@H](C)N)nc2ccccc2c1=O. The fourth-order valence-corrected chi connectivity index (χ4v) is 1.48. The lowest BCUT2D eigenvalue weighted by Gasteiger charge is -2.11. The molecule has 15 heavy (non-hydrogen) atoms. The first-order valence-electron chi connectivity index (χ1n) is 4.63. The Morgan fingerprint density at radius 3 is 2.80 bits per heavy atom. The quantitative estimate of drug-likeness (QED) is 0.674. The van der Waals surface area contributed by atoms with Gasteiger partial charge in [0.05, 0.1) is 16.9 Å². The van der Waals surface area contributed by atoms with E-state index in [-0.39, 0.29) is 11.6 Å². The van der Waals surface area contributed by atoms with E-state index < -0.39 is 0 Å². The van der Waals surface area contributed by atoms with E-state index in [9.17, 15) is 4.79 Å². The van der Waals surface area contributed by atoms with Gasteiger partial charge >= 0.3 is 0 Å². The van der Waals surface area contributed by atoms with Crippen molar-refractivity contribution in [1.29, 1.82) is 0 Å². The van der Waals surface area contributed by atoms with Crippen LogP contribution in [0.4, 0.5) is 0 Å². The van der Waals surface area contributed by atoms with Crippen LogP contribution in [0, 0.1) is 0 Å². The number of para-hydroxylation sites is 1. The van der Waals surface area contributed by atoms with Gasteiger partial charge in [0.1, 0.15) is 5.82 Å². The molecule has 2 aromatic rings. The Labute approximate surface area is 88.2 Å².